The highest BCUT2D eigenvalue weighted by atomic mass is 16.2. The summed E-state index contributed by atoms with van der Waals surface area (Å²) in [7, 11) is 1.61. The van der Waals surface area contributed by atoms with Crippen LogP contribution in [0.25, 0.3) is 10.8 Å². The average Bonchev–Trinajstić information content (AvgIpc) is 2.63. The summed E-state index contributed by atoms with van der Waals surface area (Å²) in [6.07, 6.45) is 7.94. The standard InChI is InChI=1S/C22H27N3O2/c1-13(22-10-14-7-15(11-22)9-16(8-14)12-22)23-20(26)19-17-5-3-4-6-18(17)21(27)25(2)24-19/h3-6,13-16H,7-12H2,1-2H3,(H,23,26)/t13-,14?,15?,16?,22?/m1/s1. The van der Waals surface area contributed by atoms with Gasteiger partial charge in [-0.2, -0.15) is 5.10 Å². The first-order valence-corrected chi connectivity index (χ1v) is 10.2. The molecule has 142 valence electrons. The number of carbonyl (C=O) groups is 1. The lowest BCUT2D eigenvalue weighted by atomic mass is 9.48. The van der Waals surface area contributed by atoms with E-state index in [2.05, 4.69) is 17.3 Å². The summed E-state index contributed by atoms with van der Waals surface area (Å²) in [5.41, 5.74) is 0.432. The summed E-state index contributed by atoms with van der Waals surface area (Å²) >= 11 is 0. The van der Waals surface area contributed by atoms with Crippen molar-refractivity contribution in [3.05, 3.63) is 40.3 Å². The maximum atomic E-state index is 13.1. The molecule has 5 heteroatoms. The second kappa shape index (κ2) is 5.91. The quantitative estimate of drug-likeness (QED) is 0.908. The van der Waals surface area contributed by atoms with Gasteiger partial charge in [-0.15, -0.1) is 0 Å². The zero-order valence-electron chi connectivity index (χ0n) is 16.1. The molecule has 5 nitrogen and oxygen atoms in total. The predicted molar refractivity (Wildman–Crippen MR) is 105 cm³/mol. The van der Waals surface area contributed by atoms with Gasteiger partial charge in [0.15, 0.2) is 5.69 Å². The van der Waals surface area contributed by atoms with Crippen molar-refractivity contribution in [1.82, 2.24) is 15.1 Å². The summed E-state index contributed by atoms with van der Waals surface area (Å²) < 4.78 is 1.27. The SMILES string of the molecule is C[C@@H](NC(=O)c1nn(C)c(=O)c2ccccc12)C12CC3CC(CC(C3)C1)C2. The average molecular weight is 365 g/mol. The Bertz CT molecular complexity index is 942. The van der Waals surface area contributed by atoms with E-state index in [1.54, 1.807) is 13.1 Å². The van der Waals surface area contributed by atoms with E-state index in [9.17, 15) is 9.59 Å². The van der Waals surface area contributed by atoms with Crippen molar-refractivity contribution < 1.29 is 4.79 Å². The van der Waals surface area contributed by atoms with Crippen LogP contribution in [0.15, 0.2) is 29.1 Å². The van der Waals surface area contributed by atoms with Crippen molar-refractivity contribution in [2.24, 2.45) is 30.2 Å². The first-order chi connectivity index (χ1) is 12.9. The molecule has 0 saturated heterocycles. The lowest BCUT2D eigenvalue weighted by molar-refractivity contribution is -0.0688. The first-order valence-electron chi connectivity index (χ1n) is 10.2. The van der Waals surface area contributed by atoms with Gasteiger partial charge in [0.1, 0.15) is 0 Å². The Morgan fingerprint density at radius 2 is 1.67 bits per heavy atom. The third kappa shape index (κ3) is 2.62. The molecule has 0 aliphatic heterocycles. The molecule has 6 rings (SSSR count). The minimum absolute atomic E-state index is 0.135. The maximum Gasteiger partial charge on any atom is 0.274 e. The summed E-state index contributed by atoms with van der Waals surface area (Å²) in [6.45, 7) is 2.18. The molecule has 4 aliphatic carbocycles. The number of benzene rings is 1. The van der Waals surface area contributed by atoms with Crippen LogP contribution in [0.1, 0.15) is 55.9 Å². The Hall–Kier alpha value is -2.17. The van der Waals surface area contributed by atoms with Crippen molar-refractivity contribution in [3.63, 3.8) is 0 Å². The molecule has 2 aromatic rings. The number of fused-ring (bicyclic) bond motifs is 1. The Morgan fingerprint density at radius 1 is 1.11 bits per heavy atom. The van der Waals surface area contributed by atoms with Gasteiger partial charge in [0, 0.05) is 18.5 Å². The van der Waals surface area contributed by atoms with Gasteiger partial charge in [0.2, 0.25) is 0 Å². The van der Waals surface area contributed by atoms with Gasteiger partial charge in [-0.1, -0.05) is 18.2 Å². The Labute approximate surface area is 159 Å². The highest BCUT2D eigenvalue weighted by Crippen LogP contribution is 2.61. The molecule has 4 saturated carbocycles. The summed E-state index contributed by atoms with van der Waals surface area (Å²) in [4.78, 5) is 25.5. The zero-order chi connectivity index (χ0) is 18.8. The fourth-order valence-electron chi connectivity index (χ4n) is 6.59. The fourth-order valence-corrected chi connectivity index (χ4v) is 6.59. The van der Waals surface area contributed by atoms with Crippen LogP contribution in [-0.2, 0) is 7.05 Å². The molecule has 0 unspecified atom stereocenters. The van der Waals surface area contributed by atoms with Crippen molar-refractivity contribution in [2.75, 3.05) is 0 Å². The Balaban J connectivity index is 1.45. The number of aromatic nitrogens is 2. The molecule has 1 aromatic carbocycles. The number of amides is 1. The molecule has 4 bridgehead atoms. The van der Waals surface area contributed by atoms with Gasteiger partial charge in [-0.25, -0.2) is 4.68 Å². The number of carbonyl (C=O) groups excluding carboxylic acids is 1. The third-order valence-electron chi connectivity index (χ3n) is 7.52. The highest BCUT2D eigenvalue weighted by molar-refractivity contribution is 6.04. The van der Waals surface area contributed by atoms with E-state index < -0.39 is 0 Å². The molecule has 1 amide bonds. The minimum Gasteiger partial charge on any atom is -0.348 e. The summed E-state index contributed by atoms with van der Waals surface area (Å²) in [6, 6.07) is 7.38. The van der Waals surface area contributed by atoms with Crippen LogP contribution in [-0.4, -0.2) is 21.7 Å². The topological polar surface area (TPSA) is 64.0 Å². The normalized spacial score (nSPS) is 32.6. The molecular weight excluding hydrogens is 338 g/mol. The molecule has 4 aliphatic rings. The van der Waals surface area contributed by atoms with E-state index in [4.69, 9.17) is 0 Å². The van der Waals surface area contributed by atoms with E-state index in [0.29, 0.717) is 16.5 Å². The van der Waals surface area contributed by atoms with Gasteiger partial charge in [-0.3, -0.25) is 9.59 Å². The third-order valence-corrected chi connectivity index (χ3v) is 7.52. The number of hydrogen-bond acceptors (Lipinski definition) is 3. The lowest BCUT2D eigenvalue weighted by Gasteiger charge is -2.59. The smallest absolute Gasteiger partial charge is 0.274 e. The van der Waals surface area contributed by atoms with Crippen molar-refractivity contribution in [1.29, 1.82) is 0 Å². The van der Waals surface area contributed by atoms with Crippen LogP contribution in [0.2, 0.25) is 0 Å². The Kier molecular flexibility index (Phi) is 3.72. The van der Waals surface area contributed by atoms with Crippen molar-refractivity contribution in [2.45, 2.75) is 51.5 Å². The zero-order valence-corrected chi connectivity index (χ0v) is 16.1. The second-order valence-corrected chi connectivity index (χ2v) is 9.30. The summed E-state index contributed by atoms with van der Waals surface area (Å²) in [5.74, 6) is 2.40. The van der Waals surface area contributed by atoms with E-state index in [1.807, 2.05) is 18.2 Å². The number of aryl methyl sites for hydroxylation is 1. The number of nitrogens with one attached hydrogen (secondary N) is 1. The molecule has 0 spiro atoms. The van der Waals surface area contributed by atoms with E-state index >= 15 is 0 Å². The lowest BCUT2D eigenvalue weighted by Crippen LogP contribution is -2.56. The maximum absolute atomic E-state index is 13.1. The largest absolute Gasteiger partial charge is 0.348 e. The molecule has 27 heavy (non-hydrogen) atoms. The predicted octanol–water partition coefficient (Wildman–Crippen LogP) is 3.27. The first kappa shape index (κ1) is 17.0. The number of rotatable bonds is 3. The minimum atomic E-state index is -0.170. The van der Waals surface area contributed by atoms with Crippen LogP contribution in [0, 0.1) is 23.2 Å². The van der Waals surface area contributed by atoms with E-state index in [-0.39, 0.29) is 22.9 Å². The van der Waals surface area contributed by atoms with Crippen LogP contribution in [0.3, 0.4) is 0 Å². The molecule has 1 atom stereocenters. The molecule has 0 radical (unpaired) electrons. The van der Waals surface area contributed by atoms with Gasteiger partial charge in [0.25, 0.3) is 11.5 Å². The second-order valence-electron chi connectivity index (χ2n) is 9.30. The molecular formula is C22H27N3O2. The van der Waals surface area contributed by atoms with Crippen LogP contribution >= 0.6 is 0 Å². The van der Waals surface area contributed by atoms with Crippen LogP contribution < -0.4 is 10.9 Å². The monoisotopic (exact) mass is 365 g/mol. The van der Waals surface area contributed by atoms with Crippen LogP contribution in [0.4, 0.5) is 0 Å². The molecule has 1 heterocycles. The number of hydrogen-bond donors (Lipinski definition) is 1. The molecule has 1 aromatic heterocycles. The van der Waals surface area contributed by atoms with E-state index in [0.717, 1.165) is 17.8 Å². The molecule has 4 fully saturated rings. The van der Waals surface area contributed by atoms with Crippen molar-refractivity contribution in [3.8, 4) is 0 Å². The van der Waals surface area contributed by atoms with Crippen LogP contribution in [0.5, 0.6) is 0 Å². The van der Waals surface area contributed by atoms with Gasteiger partial charge in [-0.05, 0) is 74.7 Å². The van der Waals surface area contributed by atoms with Gasteiger partial charge in [0.05, 0.1) is 5.39 Å². The van der Waals surface area contributed by atoms with E-state index in [1.165, 1.54) is 43.2 Å². The highest BCUT2D eigenvalue weighted by Gasteiger charge is 2.53. The van der Waals surface area contributed by atoms with Gasteiger partial charge >= 0.3 is 0 Å². The fraction of sp³-hybridized carbons (Fsp3) is 0.591. The number of nitrogens with zero attached hydrogens (tertiary/aromatic N) is 2. The van der Waals surface area contributed by atoms with Crippen molar-refractivity contribution >= 4 is 16.7 Å². The van der Waals surface area contributed by atoms with Gasteiger partial charge < -0.3 is 5.32 Å². The molecule has 1 N–H and O–H groups in total. The Morgan fingerprint density at radius 3 is 2.26 bits per heavy atom. The summed E-state index contributed by atoms with van der Waals surface area (Å²) in [5, 5.41) is 8.75.